The normalized spacial score (nSPS) is 11.9. The Balaban J connectivity index is 1.85. The van der Waals surface area contributed by atoms with E-state index in [-0.39, 0.29) is 17.8 Å². The van der Waals surface area contributed by atoms with E-state index in [0.717, 1.165) is 11.1 Å². The Morgan fingerprint density at radius 3 is 2.57 bits per heavy atom. The number of hydrogen-bond acceptors (Lipinski definition) is 3. The third kappa shape index (κ3) is 5.38. The molecule has 0 spiro atoms. The minimum absolute atomic E-state index is 0.271. The lowest BCUT2D eigenvalue weighted by Gasteiger charge is -2.13. The third-order valence-electron chi connectivity index (χ3n) is 3.52. The number of halogens is 1. The summed E-state index contributed by atoms with van der Waals surface area (Å²) >= 11 is 0. The summed E-state index contributed by atoms with van der Waals surface area (Å²) in [6.07, 6.45) is 0.657. The van der Waals surface area contributed by atoms with Gasteiger partial charge < -0.3 is 15.8 Å². The van der Waals surface area contributed by atoms with Gasteiger partial charge in [-0.15, -0.1) is 0 Å². The second kappa shape index (κ2) is 8.29. The van der Waals surface area contributed by atoms with Crippen LogP contribution in [0.1, 0.15) is 24.5 Å². The van der Waals surface area contributed by atoms with Crippen LogP contribution in [0.25, 0.3) is 0 Å². The van der Waals surface area contributed by atoms with Gasteiger partial charge in [-0.2, -0.15) is 0 Å². The van der Waals surface area contributed by atoms with Crippen LogP contribution in [0.5, 0.6) is 5.75 Å². The molecule has 2 rings (SSSR count). The summed E-state index contributed by atoms with van der Waals surface area (Å²) in [6, 6.07) is 13.5. The van der Waals surface area contributed by atoms with E-state index >= 15 is 0 Å². The van der Waals surface area contributed by atoms with Crippen molar-refractivity contribution in [3.05, 3.63) is 65.5 Å². The summed E-state index contributed by atoms with van der Waals surface area (Å²) in [4.78, 5) is 11.2. The molecule has 0 aliphatic carbocycles. The molecule has 2 aromatic carbocycles. The molecule has 0 heterocycles. The van der Waals surface area contributed by atoms with E-state index in [1.807, 2.05) is 37.3 Å². The van der Waals surface area contributed by atoms with Crippen molar-refractivity contribution in [2.45, 2.75) is 32.5 Å². The molecule has 0 bridgehead atoms. The highest BCUT2D eigenvalue weighted by atomic mass is 19.1. The fourth-order valence-corrected chi connectivity index (χ4v) is 2.18. The van der Waals surface area contributed by atoms with Gasteiger partial charge in [0.25, 0.3) is 0 Å². The highest BCUT2D eigenvalue weighted by molar-refractivity contribution is 5.79. The van der Waals surface area contributed by atoms with Crippen LogP contribution in [0.3, 0.4) is 0 Å². The molecule has 5 heteroatoms. The summed E-state index contributed by atoms with van der Waals surface area (Å²) in [5.41, 5.74) is 7.10. The van der Waals surface area contributed by atoms with E-state index in [2.05, 4.69) is 5.32 Å². The molecule has 0 aliphatic rings. The van der Waals surface area contributed by atoms with Crippen molar-refractivity contribution in [2.24, 2.45) is 5.73 Å². The molecule has 0 fully saturated rings. The Kier molecular flexibility index (Phi) is 6.11. The summed E-state index contributed by atoms with van der Waals surface area (Å²) in [7, 11) is 0. The number of nitrogens with one attached hydrogen (secondary N) is 1. The molecule has 0 saturated carbocycles. The van der Waals surface area contributed by atoms with Crippen LogP contribution < -0.4 is 15.8 Å². The number of rotatable bonds is 8. The lowest BCUT2D eigenvalue weighted by atomic mass is 10.1. The van der Waals surface area contributed by atoms with Crippen LogP contribution in [0.2, 0.25) is 0 Å². The van der Waals surface area contributed by atoms with E-state index < -0.39 is 0 Å². The van der Waals surface area contributed by atoms with Crippen LogP contribution in [0.4, 0.5) is 4.39 Å². The number of carbonyl (C=O) groups excluding carboxylic acids is 1. The van der Waals surface area contributed by atoms with Gasteiger partial charge in [0.2, 0.25) is 5.91 Å². The first-order valence-corrected chi connectivity index (χ1v) is 7.57. The summed E-state index contributed by atoms with van der Waals surface area (Å²) in [6.45, 7) is 2.78. The highest BCUT2D eigenvalue weighted by Crippen LogP contribution is 2.15. The number of hydrogen-bond donors (Lipinski definition) is 2. The van der Waals surface area contributed by atoms with Crippen LogP contribution >= 0.6 is 0 Å². The van der Waals surface area contributed by atoms with Gasteiger partial charge in [-0.25, -0.2) is 4.39 Å². The standard InChI is InChI=1S/C18H21FN2O2/c1-2-17(18(20)22)21-11-13-6-8-16(9-7-13)23-12-14-4-3-5-15(19)10-14/h3-10,17,21H,2,11-12H2,1H3,(H2,20,22). The van der Waals surface area contributed by atoms with Crippen molar-refractivity contribution in [3.63, 3.8) is 0 Å². The van der Waals surface area contributed by atoms with Gasteiger partial charge in [-0.1, -0.05) is 31.2 Å². The van der Waals surface area contributed by atoms with Gasteiger partial charge >= 0.3 is 0 Å². The smallest absolute Gasteiger partial charge is 0.234 e. The number of benzene rings is 2. The van der Waals surface area contributed by atoms with Crippen LogP contribution in [-0.4, -0.2) is 11.9 Å². The minimum atomic E-state index is -0.345. The van der Waals surface area contributed by atoms with E-state index in [9.17, 15) is 9.18 Å². The molecule has 0 radical (unpaired) electrons. The molecule has 3 N–H and O–H groups in total. The van der Waals surface area contributed by atoms with E-state index in [1.54, 1.807) is 6.07 Å². The predicted molar refractivity (Wildman–Crippen MR) is 87.3 cm³/mol. The van der Waals surface area contributed by atoms with E-state index in [0.29, 0.717) is 25.3 Å². The zero-order valence-corrected chi connectivity index (χ0v) is 13.1. The maximum Gasteiger partial charge on any atom is 0.234 e. The molecule has 0 saturated heterocycles. The lowest BCUT2D eigenvalue weighted by molar-refractivity contribution is -0.120. The second-order valence-electron chi connectivity index (χ2n) is 5.31. The topological polar surface area (TPSA) is 64.3 Å². The Morgan fingerprint density at radius 2 is 1.96 bits per heavy atom. The molecule has 1 atom stereocenters. The Morgan fingerprint density at radius 1 is 1.22 bits per heavy atom. The quantitative estimate of drug-likeness (QED) is 0.787. The molecule has 1 unspecified atom stereocenters. The molecular formula is C18H21FN2O2. The third-order valence-corrected chi connectivity index (χ3v) is 3.52. The summed E-state index contributed by atoms with van der Waals surface area (Å²) in [5, 5.41) is 3.11. The fourth-order valence-electron chi connectivity index (χ4n) is 2.18. The molecule has 1 amide bonds. The van der Waals surface area contributed by atoms with Gasteiger partial charge in [0, 0.05) is 6.54 Å². The van der Waals surface area contributed by atoms with Crippen molar-refractivity contribution < 1.29 is 13.9 Å². The number of carbonyl (C=O) groups is 1. The largest absolute Gasteiger partial charge is 0.489 e. The first-order chi connectivity index (χ1) is 11.1. The highest BCUT2D eigenvalue weighted by Gasteiger charge is 2.11. The minimum Gasteiger partial charge on any atom is -0.489 e. The Hall–Kier alpha value is -2.40. The lowest BCUT2D eigenvalue weighted by Crippen LogP contribution is -2.40. The maximum atomic E-state index is 13.1. The van der Waals surface area contributed by atoms with Gasteiger partial charge in [0.15, 0.2) is 0 Å². The number of primary amides is 1. The van der Waals surface area contributed by atoms with Crippen molar-refractivity contribution in [1.29, 1.82) is 0 Å². The van der Waals surface area contributed by atoms with Crippen molar-refractivity contribution in [2.75, 3.05) is 0 Å². The first-order valence-electron chi connectivity index (χ1n) is 7.57. The fraction of sp³-hybridized carbons (Fsp3) is 0.278. The molecule has 0 aromatic heterocycles. The predicted octanol–water partition coefficient (Wildman–Crippen LogP) is 2.76. The van der Waals surface area contributed by atoms with Crippen molar-refractivity contribution in [3.8, 4) is 5.75 Å². The zero-order chi connectivity index (χ0) is 16.7. The average molecular weight is 316 g/mol. The SMILES string of the molecule is CCC(NCc1ccc(OCc2cccc(F)c2)cc1)C(N)=O. The van der Waals surface area contributed by atoms with Gasteiger partial charge in [-0.3, -0.25) is 4.79 Å². The second-order valence-corrected chi connectivity index (χ2v) is 5.31. The van der Waals surface area contributed by atoms with Crippen molar-refractivity contribution >= 4 is 5.91 Å². The molecule has 4 nitrogen and oxygen atoms in total. The van der Waals surface area contributed by atoms with Gasteiger partial charge in [0.05, 0.1) is 6.04 Å². The molecule has 2 aromatic rings. The van der Waals surface area contributed by atoms with Crippen LogP contribution in [0, 0.1) is 5.82 Å². The van der Waals surface area contributed by atoms with Crippen LogP contribution in [-0.2, 0) is 17.9 Å². The molecule has 0 aliphatic heterocycles. The zero-order valence-electron chi connectivity index (χ0n) is 13.1. The Labute approximate surface area is 135 Å². The van der Waals surface area contributed by atoms with E-state index in [4.69, 9.17) is 10.5 Å². The maximum absolute atomic E-state index is 13.1. The van der Waals surface area contributed by atoms with Crippen molar-refractivity contribution in [1.82, 2.24) is 5.32 Å². The molecular weight excluding hydrogens is 295 g/mol. The van der Waals surface area contributed by atoms with E-state index in [1.165, 1.54) is 12.1 Å². The van der Waals surface area contributed by atoms with Crippen LogP contribution in [0.15, 0.2) is 48.5 Å². The first kappa shape index (κ1) is 17.0. The molecule has 23 heavy (non-hydrogen) atoms. The average Bonchev–Trinajstić information content (AvgIpc) is 2.54. The number of amides is 1. The monoisotopic (exact) mass is 316 g/mol. The van der Waals surface area contributed by atoms with Gasteiger partial charge in [-0.05, 0) is 41.8 Å². The Bertz CT molecular complexity index is 644. The summed E-state index contributed by atoms with van der Waals surface area (Å²) < 4.78 is 18.7. The van der Waals surface area contributed by atoms with Gasteiger partial charge in [0.1, 0.15) is 18.2 Å². The molecule has 122 valence electrons. The number of nitrogens with two attached hydrogens (primary N) is 1. The number of ether oxygens (including phenoxy) is 1. The summed E-state index contributed by atoms with van der Waals surface area (Å²) in [5.74, 6) is 0.0925.